The number of aromatic nitrogens is 1. The average Bonchev–Trinajstić information content (AvgIpc) is 2.63. The number of pyridine rings is 1. The van der Waals surface area contributed by atoms with E-state index < -0.39 is 0 Å². The maximum Gasteiger partial charge on any atom is 0.219 e. The number of ether oxygens (including phenoxy) is 1. The molecule has 0 aliphatic carbocycles. The number of hydrogen-bond donors (Lipinski definition) is 1. The monoisotopic (exact) mass is 342 g/mol. The van der Waals surface area contributed by atoms with Crippen molar-refractivity contribution in [2.24, 2.45) is 16.6 Å². The molecular formula is C19H23FN4O. The molecule has 0 atom stereocenters. The predicted molar refractivity (Wildman–Crippen MR) is 96.0 cm³/mol. The van der Waals surface area contributed by atoms with Gasteiger partial charge in [-0.05, 0) is 48.6 Å². The van der Waals surface area contributed by atoms with Crippen LogP contribution in [0.5, 0.6) is 11.6 Å². The van der Waals surface area contributed by atoms with Gasteiger partial charge in [0.15, 0.2) is 5.96 Å². The van der Waals surface area contributed by atoms with Crippen LogP contribution in [-0.4, -0.2) is 28.9 Å². The number of benzene rings is 1. The van der Waals surface area contributed by atoms with E-state index in [-0.39, 0.29) is 5.82 Å². The Morgan fingerprint density at radius 2 is 1.96 bits per heavy atom. The van der Waals surface area contributed by atoms with E-state index in [2.05, 4.69) is 21.8 Å². The summed E-state index contributed by atoms with van der Waals surface area (Å²) in [7, 11) is 0. The van der Waals surface area contributed by atoms with Crippen LogP contribution in [0.3, 0.4) is 0 Å². The third-order valence-corrected chi connectivity index (χ3v) is 4.36. The molecule has 2 heterocycles. The fraction of sp³-hybridized carbons (Fsp3) is 0.368. The third-order valence-electron chi connectivity index (χ3n) is 4.36. The number of guanidine groups is 1. The molecule has 1 fully saturated rings. The Balaban J connectivity index is 1.55. The molecule has 2 aromatic rings. The lowest BCUT2D eigenvalue weighted by Crippen LogP contribution is -2.42. The van der Waals surface area contributed by atoms with Gasteiger partial charge in [0, 0.05) is 25.4 Å². The van der Waals surface area contributed by atoms with Crippen LogP contribution in [0, 0.1) is 11.7 Å². The Bertz CT molecular complexity index is 707. The maximum atomic E-state index is 12.9. The summed E-state index contributed by atoms with van der Waals surface area (Å²) in [4.78, 5) is 10.9. The molecule has 1 aromatic heterocycles. The van der Waals surface area contributed by atoms with Crippen molar-refractivity contribution in [1.82, 2.24) is 9.88 Å². The van der Waals surface area contributed by atoms with Crippen LogP contribution >= 0.6 is 0 Å². The number of rotatable bonds is 4. The number of halogens is 1. The smallest absolute Gasteiger partial charge is 0.219 e. The van der Waals surface area contributed by atoms with Crippen molar-refractivity contribution in [3.05, 3.63) is 54.0 Å². The first-order chi connectivity index (χ1) is 12.1. The van der Waals surface area contributed by atoms with Crippen molar-refractivity contribution >= 4 is 5.96 Å². The fourth-order valence-corrected chi connectivity index (χ4v) is 2.70. The second kappa shape index (κ2) is 7.96. The highest BCUT2D eigenvalue weighted by atomic mass is 19.1. The van der Waals surface area contributed by atoms with Gasteiger partial charge in [-0.25, -0.2) is 14.4 Å². The molecule has 0 bridgehead atoms. The molecular weight excluding hydrogens is 319 g/mol. The van der Waals surface area contributed by atoms with Gasteiger partial charge in [0.2, 0.25) is 5.88 Å². The first-order valence-electron chi connectivity index (χ1n) is 8.53. The summed E-state index contributed by atoms with van der Waals surface area (Å²) in [6.45, 7) is 4.70. The van der Waals surface area contributed by atoms with Crippen molar-refractivity contribution < 1.29 is 9.13 Å². The molecule has 0 unspecified atom stereocenters. The molecule has 0 spiro atoms. The summed E-state index contributed by atoms with van der Waals surface area (Å²) in [5.74, 6) is 2.07. The molecule has 1 aromatic carbocycles. The molecule has 0 amide bonds. The Kier molecular flexibility index (Phi) is 5.48. The first-order valence-corrected chi connectivity index (χ1v) is 8.53. The van der Waals surface area contributed by atoms with E-state index in [1.54, 1.807) is 24.4 Å². The van der Waals surface area contributed by atoms with Crippen molar-refractivity contribution in [2.45, 2.75) is 26.3 Å². The number of aliphatic imine (C=N–C) groups is 1. The fourth-order valence-electron chi connectivity index (χ4n) is 2.70. The van der Waals surface area contributed by atoms with Gasteiger partial charge >= 0.3 is 0 Å². The predicted octanol–water partition coefficient (Wildman–Crippen LogP) is 3.56. The third kappa shape index (κ3) is 4.92. The van der Waals surface area contributed by atoms with E-state index in [1.165, 1.54) is 12.1 Å². The molecule has 0 saturated carbocycles. The average molecular weight is 342 g/mol. The molecule has 1 aliphatic rings. The highest BCUT2D eigenvalue weighted by Gasteiger charge is 2.16. The zero-order valence-electron chi connectivity index (χ0n) is 14.4. The molecule has 2 N–H and O–H groups in total. The molecule has 1 saturated heterocycles. The van der Waals surface area contributed by atoms with E-state index in [4.69, 9.17) is 10.5 Å². The van der Waals surface area contributed by atoms with Crippen molar-refractivity contribution in [3.8, 4) is 11.6 Å². The number of nitrogens with two attached hydrogens (primary N) is 1. The minimum Gasteiger partial charge on any atom is -0.439 e. The van der Waals surface area contributed by atoms with Crippen LogP contribution in [0.15, 0.2) is 47.6 Å². The topological polar surface area (TPSA) is 63.7 Å². The standard InChI is InChI=1S/C19H23FN4O/c1-14-8-10-24(11-9-14)19(21)23-13-15-2-7-18(22-12-15)25-17-5-3-16(20)4-6-17/h2-7,12,14H,8-11,13H2,1H3,(H2,21,23). The van der Waals surface area contributed by atoms with Crippen LogP contribution in [-0.2, 0) is 6.54 Å². The van der Waals surface area contributed by atoms with Gasteiger partial charge < -0.3 is 15.4 Å². The zero-order valence-corrected chi connectivity index (χ0v) is 14.4. The lowest BCUT2D eigenvalue weighted by Gasteiger charge is -2.31. The van der Waals surface area contributed by atoms with Crippen molar-refractivity contribution in [1.29, 1.82) is 0 Å². The van der Waals surface area contributed by atoms with Crippen LogP contribution < -0.4 is 10.5 Å². The second-order valence-electron chi connectivity index (χ2n) is 6.40. The van der Waals surface area contributed by atoms with E-state index >= 15 is 0 Å². The Morgan fingerprint density at radius 1 is 1.24 bits per heavy atom. The van der Waals surface area contributed by atoms with E-state index in [0.717, 1.165) is 37.4 Å². The molecule has 5 nitrogen and oxygen atoms in total. The van der Waals surface area contributed by atoms with Crippen molar-refractivity contribution in [3.63, 3.8) is 0 Å². The Morgan fingerprint density at radius 3 is 2.60 bits per heavy atom. The van der Waals surface area contributed by atoms with Gasteiger partial charge in [-0.2, -0.15) is 0 Å². The minimum absolute atomic E-state index is 0.297. The molecule has 3 rings (SSSR count). The summed E-state index contributed by atoms with van der Waals surface area (Å²) >= 11 is 0. The van der Waals surface area contributed by atoms with Gasteiger partial charge in [-0.15, -0.1) is 0 Å². The van der Waals surface area contributed by atoms with Crippen LogP contribution in [0.2, 0.25) is 0 Å². The summed E-state index contributed by atoms with van der Waals surface area (Å²) in [5.41, 5.74) is 7.04. The van der Waals surface area contributed by atoms with Gasteiger partial charge in [0.1, 0.15) is 11.6 Å². The molecule has 0 radical (unpaired) electrons. The molecule has 25 heavy (non-hydrogen) atoms. The summed E-state index contributed by atoms with van der Waals surface area (Å²) in [6, 6.07) is 9.50. The maximum absolute atomic E-state index is 12.9. The van der Waals surface area contributed by atoms with Gasteiger partial charge in [-0.3, -0.25) is 0 Å². The van der Waals surface area contributed by atoms with Gasteiger partial charge in [-0.1, -0.05) is 13.0 Å². The minimum atomic E-state index is -0.297. The lowest BCUT2D eigenvalue weighted by atomic mass is 10.00. The number of piperidine rings is 1. The first kappa shape index (κ1) is 17.2. The van der Waals surface area contributed by atoms with E-state index in [0.29, 0.717) is 24.1 Å². The molecule has 132 valence electrons. The largest absolute Gasteiger partial charge is 0.439 e. The highest BCUT2D eigenvalue weighted by Crippen LogP contribution is 2.20. The summed E-state index contributed by atoms with van der Waals surface area (Å²) in [5, 5.41) is 0. The van der Waals surface area contributed by atoms with Crippen LogP contribution in [0.1, 0.15) is 25.3 Å². The Hall–Kier alpha value is -2.63. The quantitative estimate of drug-likeness (QED) is 0.682. The second-order valence-corrected chi connectivity index (χ2v) is 6.40. The summed E-state index contributed by atoms with van der Waals surface area (Å²) in [6.07, 6.45) is 4.04. The van der Waals surface area contributed by atoms with E-state index in [9.17, 15) is 4.39 Å². The number of likely N-dealkylation sites (tertiary alicyclic amines) is 1. The van der Waals surface area contributed by atoms with Gasteiger partial charge in [0.05, 0.1) is 6.54 Å². The van der Waals surface area contributed by atoms with Crippen molar-refractivity contribution in [2.75, 3.05) is 13.1 Å². The lowest BCUT2D eigenvalue weighted by molar-refractivity contribution is 0.277. The normalized spacial score (nSPS) is 16.1. The SMILES string of the molecule is CC1CCN(C(N)=NCc2ccc(Oc3ccc(F)cc3)nc2)CC1. The van der Waals surface area contributed by atoms with Crippen LogP contribution in [0.25, 0.3) is 0 Å². The summed E-state index contributed by atoms with van der Waals surface area (Å²) < 4.78 is 18.5. The van der Waals surface area contributed by atoms with E-state index in [1.807, 2.05) is 6.07 Å². The number of nitrogens with zero attached hydrogens (tertiary/aromatic N) is 3. The van der Waals surface area contributed by atoms with Crippen LogP contribution in [0.4, 0.5) is 4.39 Å². The highest BCUT2D eigenvalue weighted by molar-refractivity contribution is 5.78. The van der Waals surface area contributed by atoms with Gasteiger partial charge in [0.25, 0.3) is 0 Å². The number of hydrogen-bond acceptors (Lipinski definition) is 3. The molecule has 6 heteroatoms. The zero-order chi connectivity index (χ0) is 17.6. The molecule has 1 aliphatic heterocycles. The Labute approximate surface area is 147 Å².